The molecule has 4 aliphatic carbocycles. The number of ketones is 1. The lowest BCUT2D eigenvalue weighted by Gasteiger charge is -2.53. The molecule has 2 fully saturated rings. The Morgan fingerprint density at radius 1 is 1.00 bits per heavy atom. The van der Waals surface area contributed by atoms with Gasteiger partial charge in [-0.3, -0.25) is 13.8 Å². The van der Waals surface area contributed by atoms with Crippen molar-refractivity contribution in [3.8, 4) is 11.6 Å². The summed E-state index contributed by atoms with van der Waals surface area (Å²) in [6.07, 6.45) is 7.29. The Hall–Kier alpha value is -0.760. The molecule has 0 saturated heterocycles. The number of nitrogens with zero attached hydrogens (tertiary/aromatic N) is 1. The van der Waals surface area contributed by atoms with Crippen LogP contribution in [-0.4, -0.2) is 43.8 Å². The van der Waals surface area contributed by atoms with E-state index in [4.69, 9.17) is 9.05 Å². The van der Waals surface area contributed by atoms with Gasteiger partial charge in [-0.05, 0) is 99.1 Å². The van der Waals surface area contributed by atoms with E-state index in [2.05, 4.69) is 47.7 Å². The number of carbonyl (C=O) groups is 1. The maximum absolute atomic E-state index is 13.2. The van der Waals surface area contributed by atoms with Gasteiger partial charge in [-0.1, -0.05) is 30.6 Å². The summed E-state index contributed by atoms with van der Waals surface area (Å²) >= 11 is 0. The van der Waals surface area contributed by atoms with Crippen LogP contribution in [0.4, 0.5) is 5.69 Å². The lowest BCUT2D eigenvalue weighted by molar-refractivity contribution is -0.114. The van der Waals surface area contributed by atoms with E-state index in [1.54, 1.807) is 13.8 Å². The highest BCUT2D eigenvalue weighted by Crippen LogP contribution is 2.67. The summed E-state index contributed by atoms with van der Waals surface area (Å²) in [5.74, 6) is 4.01. The highest BCUT2D eigenvalue weighted by molar-refractivity contribution is 7.60. The van der Waals surface area contributed by atoms with Crippen molar-refractivity contribution >= 4 is 73.0 Å². The van der Waals surface area contributed by atoms with Gasteiger partial charge >= 0.3 is 7.60 Å². The van der Waals surface area contributed by atoms with Crippen LogP contribution in [0.1, 0.15) is 77.2 Å². The average molecular weight is 688 g/mol. The van der Waals surface area contributed by atoms with Gasteiger partial charge in [0.25, 0.3) is 0 Å². The first-order chi connectivity index (χ1) is 18.5. The smallest absolute Gasteiger partial charge is 0.378 e. The maximum Gasteiger partial charge on any atom is 0.405 e. The second-order valence-corrected chi connectivity index (χ2v) is 13.7. The predicted octanol–water partition coefficient (Wildman–Crippen LogP) is 7.06. The third-order valence-electron chi connectivity index (χ3n) is 9.70. The quantitative estimate of drug-likeness (QED) is 0.255. The van der Waals surface area contributed by atoms with Gasteiger partial charge in [0.1, 0.15) is 5.60 Å². The third-order valence-corrected chi connectivity index (χ3v) is 11.3. The number of benzene rings is 1. The molecule has 242 valence electrons. The van der Waals surface area contributed by atoms with Crippen molar-refractivity contribution in [1.82, 2.24) is 0 Å². The van der Waals surface area contributed by atoms with Crippen molar-refractivity contribution in [3.63, 3.8) is 0 Å². The van der Waals surface area contributed by atoms with E-state index in [-0.39, 0.29) is 84.8 Å². The lowest BCUT2D eigenvalue weighted by atomic mass is 9.51. The summed E-state index contributed by atoms with van der Waals surface area (Å²) in [6.45, 7) is 6.17. The summed E-state index contributed by atoms with van der Waals surface area (Å²) in [4.78, 5) is 14.4. The average Bonchev–Trinajstić information content (AvgIpc) is 3.17. The molecule has 0 bridgehead atoms. The van der Waals surface area contributed by atoms with E-state index in [9.17, 15) is 14.5 Å². The molecule has 43 heavy (non-hydrogen) atoms. The van der Waals surface area contributed by atoms with Crippen molar-refractivity contribution in [3.05, 3.63) is 52.6 Å². The number of hydrogen-bond acceptors (Lipinski definition) is 6. The Morgan fingerprint density at radius 2 is 1.63 bits per heavy atom. The minimum atomic E-state index is -3.61. The first-order valence-corrected chi connectivity index (χ1v) is 16.0. The van der Waals surface area contributed by atoms with Crippen molar-refractivity contribution < 1.29 is 23.5 Å². The summed E-state index contributed by atoms with van der Waals surface area (Å²) < 4.78 is 24.0. The molecule has 6 nitrogen and oxygen atoms in total. The maximum atomic E-state index is 13.2. The monoisotopic (exact) mass is 687 g/mol. The number of anilines is 1. The number of allylic oxidation sites excluding steroid dienone is 4. The second-order valence-electron chi connectivity index (χ2n) is 12.0. The van der Waals surface area contributed by atoms with Gasteiger partial charge in [-0.2, -0.15) is 54.0 Å². The Kier molecular flexibility index (Phi) is 14.7. The topological polar surface area (TPSA) is 76.1 Å². The SMILES string of the molecule is CCOP(=O)(C#C[C@]1(O)CC[C@H]2[C@@H]3CCC4=CC(=O)CCC4=C3[C@@H](c3ccc(N(C)C)cc3)C[C@@]21C)OCC.S.S.S.S. The molecular formula is C32H50NO5PS4. The fourth-order valence-corrected chi connectivity index (χ4v) is 8.98. The molecule has 5 rings (SSSR count). The molecule has 0 heterocycles. The molecule has 1 N–H and O–H groups in total. The van der Waals surface area contributed by atoms with Gasteiger partial charge in [0.05, 0.1) is 13.2 Å². The van der Waals surface area contributed by atoms with Crippen molar-refractivity contribution in [2.24, 2.45) is 17.3 Å². The van der Waals surface area contributed by atoms with Crippen LogP contribution in [0.2, 0.25) is 0 Å². The Labute approximate surface area is 286 Å². The standard InChI is InChI=1S/C32H42NO5P.4H2S/c1-6-37-39(36,38-7-2)19-18-32(35)17-16-29-27-14-10-23-20-25(34)13-15-26(23)30(27)28(21-31(29,32)3)22-8-11-24(12-9-22)33(4)5;;;;/h8-9,11-12,20,27-29,35H,6-7,10,13-17,21H2,1-5H3;4*1H2/t27-,28+,29-,31-,32+;;;;/m0..../s1. The number of hydrogen-bond donors (Lipinski definition) is 1. The van der Waals surface area contributed by atoms with Gasteiger partial charge in [0.15, 0.2) is 5.78 Å². The van der Waals surface area contributed by atoms with Gasteiger partial charge in [-0.15, -0.1) is 0 Å². The van der Waals surface area contributed by atoms with Crippen LogP contribution in [0.5, 0.6) is 0 Å². The van der Waals surface area contributed by atoms with Gasteiger partial charge in [-0.25, -0.2) is 4.57 Å². The van der Waals surface area contributed by atoms with Crippen molar-refractivity contribution in [1.29, 1.82) is 0 Å². The third kappa shape index (κ3) is 7.46. The molecule has 11 heteroatoms. The zero-order valence-corrected chi connectivity index (χ0v) is 30.9. The van der Waals surface area contributed by atoms with Crippen LogP contribution in [0.25, 0.3) is 0 Å². The molecule has 1 aromatic carbocycles. The molecule has 4 aliphatic rings. The minimum Gasteiger partial charge on any atom is -0.378 e. The molecule has 0 unspecified atom stereocenters. The van der Waals surface area contributed by atoms with Gasteiger partial charge in [0, 0.05) is 43.2 Å². The normalized spacial score (nSPS) is 29.0. The first kappa shape index (κ1) is 40.3. The first-order valence-electron chi connectivity index (χ1n) is 14.4. The Morgan fingerprint density at radius 3 is 2.21 bits per heavy atom. The highest BCUT2D eigenvalue weighted by Gasteiger charge is 2.62. The minimum absolute atomic E-state index is 0. The second kappa shape index (κ2) is 15.7. The largest absolute Gasteiger partial charge is 0.405 e. The van der Waals surface area contributed by atoms with Crippen LogP contribution in [-0.2, 0) is 18.4 Å². The summed E-state index contributed by atoms with van der Waals surface area (Å²) in [6, 6.07) is 8.76. The summed E-state index contributed by atoms with van der Waals surface area (Å²) in [5, 5.41) is 12.2. The molecule has 5 atom stereocenters. The summed E-state index contributed by atoms with van der Waals surface area (Å²) in [5.41, 5.74) is 7.46. The van der Waals surface area contributed by atoms with Crippen LogP contribution < -0.4 is 4.90 Å². The van der Waals surface area contributed by atoms with E-state index < -0.39 is 18.6 Å². The fourth-order valence-electron chi connectivity index (χ4n) is 7.78. The van der Waals surface area contributed by atoms with Crippen molar-refractivity contribution in [2.75, 3.05) is 32.2 Å². The zero-order valence-electron chi connectivity index (χ0n) is 26.0. The number of aliphatic hydroxyl groups is 1. The predicted molar refractivity (Wildman–Crippen MR) is 196 cm³/mol. The number of carbonyl (C=O) groups excluding carboxylic acids is 1. The van der Waals surface area contributed by atoms with Crippen LogP contribution >= 0.6 is 61.6 Å². The van der Waals surface area contributed by atoms with Crippen LogP contribution in [0, 0.1) is 28.8 Å². The van der Waals surface area contributed by atoms with E-state index in [0.717, 1.165) is 37.8 Å². The lowest BCUT2D eigenvalue weighted by Crippen LogP contribution is -2.51. The van der Waals surface area contributed by atoms with Crippen LogP contribution in [0.3, 0.4) is 0 Å². The molecule has 0 spiro atoms. The van der Waals surface area contributed by atoms with Gasteiger partial charge in [0.2, 0.25) is 0 Å². The Bertz CT molecular complexity index is 1310. The fraction of sp³-hybridized carbons (Fsp3) is 0.594. The zero-order chi connectivity index (χ0) is 28.0. The molecule has 0 aromatic heterocycles. The van der Waals surface area contributed by atoms with E-state index in [0.29, 0.717) is 18.8 Å². The van der Waals surface area contributed by atoms with Crippen LogP contribution in [0.15, 0.2) is 47.1 Å². The van der Waals surface area contributed by atoms with E-state index >= 15 is 0 Å². The molecular weight excluding hydrogens is 638 g/mol. The molecule has 2 saturated carbocycles. The van der Waals surface area contributed by atoms with Gasteiger partial charge < -0.3 is 10.0 Å². The highest BCUT2D eigenvalue weighted by atomic mass is 32.1. The van der Waals surface area contributed by atoms with Crippen molar-refractivity contribution in [2.45, 2.75) is 77.2 Å². The van der Waals surface area contributed by atoms with E-state index in [1.807, 2.05) is 20.2 Å². The Balaban J connectivity index is 0.00000231. The molecule has 0 aliphatic heterocycles. The molecule has 0 amide bonds. The number of fused-ring (bicyclic) bond motifs is 4. The van der Waals surface area contributed by atoms with E-state index in [1.165, 1.54) is 22.3 Å². The number of rotatable bonds is 6. The molecule has 0 radical (unpaired) electrons. The summed E-state index contributed by atoms with van der Waals surface area (Å²) in [7, 11) is 0.474. The molecule has 1 aromatic rings.